The number of nitrogens with zero attached hydrogens (tertiary/aromatic N) is 1. The Hall–Kier alpha value is -3.75. The minimum absolute atomic E-state index is 0.0550. The van der Waals surface area contributed by atoms with Gasteiger partial charge in [-0.2, -0.15) is 0 Å². The SMILES string of the molecule is NC(=O)Cc1ccc2c(c1)CN(CC1(c3ccc(F)cc3)NC(=O)NC1=O)C2=O. The molecule has 29 heavy (non-hydrogen) atoms. The van der Waals surface area contributed by atoms with E-state index in [1.165, 1.54) is 29.2 Å². The fourth-order valence-corrected chi connectivity index (χ4v) is 3.79. The van der Waals surface area contributed by atoms with E-state index in [4.69, 9.17) is 5.73 Å². The van der Waals surface area contributed by atoms with Gasteiger partial charge in [0.1, 0.15) is 5.82 Å². The second kappa shape index (κ2) is 6.69. The molecule has 148 valence electrons. The van der Waals surface area contributed by atoms with E-state index in [1.807, 2.05) is 0 Å². The van der Waals surface area contributed by atoms with Crippen LogP contribution in [-0.4, -0.2) is 35.2 Å². The molecule has 0 aromatic heterocycles. The lowest BCUT2D eigenvalue weighted by Crippen LogP contribution is -2.52. The largest absolute Gasteiger partial charge is 0.369 e. The molecule has 4 N–H and O–H groups in total. The molecule has 1 saturated heterocycles. The Balaban J connectivity index is 1.66. The van der Waals surface area contributed by atoms with Gasteiger partial charge < -0.3 is 16.0 Å². The highest BCUT2D eigenvalue weighted by Crippen LogP contribution is 2.31. The highest BCUT2D eigenvalue weighted by molar-refractivity contribution is 6.08. The molecule has 0 saturated carbocycles. The number of rotatable bonds is 5. The van der Waals surface area contributed by atoms with Crippen LogP contribution in [0.15, 0.2) is 42.5 Å². The number of imide groups is 1. The van der Waals surface area contributed by atoms with Crippen molar-refractivity contribution >= 4 is 23.8 Å². The van der Waals surface area contributed by atoms with Crippen molar-refractivity contribution < 1.29 is 23.6 Å². The van der Waals surface area contributed by atoms with Crippen LogP contribution in [-0.2, 0) is 28.1 Å². The van der Waals surface area contributed by atoms with Crippen molar-refractivity contribution in [3.05, 3.63) is 70.5 Å². The topological polar surface area (TPSA) is 122 Å². The molecule has 9 heteroatoms. The number of amides is 5. The highest BCUT2D eigenvalue weighted by atomic mass is 19.1. The number of halogens is 1. The number of carbonyl (C=O) groups excluding carboxylic acids is 4. The molecule has 0 aliphatic carbocycles. The van der Waals surface area contributed by atoms with Gasteiger partial charge in [0.25, 0.3) is 11.8 Å². The van der Waals surface area contributed by atoms with Crippen molar-refractivity contribution in [3.63, 3.8) is 0 Å². The van der Waals surface area contributed by atoms with Gasteiger partial charge in [-0.25, -0.2) is 9.18 Å². The molecule has 5 amide bonds. The molecule has 4 rings (SSSR count). The Bertz CT molecular complexity index is 1050. The van der Waals surface area contributed by atoms with Crippen LogP contribution in [0.2, 0.25) is 0 Å². The molecule has 0 radical (unpaired) electrons. The van der Waals surface area contributed by atoms with Crippen LogP contribution in [0.5, 0.6) is 0 Å². The molecule has 2 heterocycles. The zero-order valence-electron chi connectivity index (χ0n) is 15.2. The van der Waals surface area contributed by atoms with Crippen molar-refractivity contribution in [2.75, 3.05) is 6.54 Å². The van der Waals surface area contributed by atoms with Crippen LogP contribution in [0.4, 0.5) is 9.18 Å². The van der Waals surface area contributed by atoms with E-state index in [0.717, 1.165) is 0 Å². The molecule has 2 aliphatic heterocycles. The van der Waals surface area contributed by atoms with Crippen LogP contribution >= 0.6 is 0 Å². The molecule has 1 fully saturated rings. The van der Waals surface area contributed by atoms with Gasteiger partial charge >= 0.3 is 6.03 Å². The van der Waals surface area contributed by atoms with Crippen LogP contribution in [0.25, 0.3) is 0 Å². The van der Waals surface area contributed by atoms with Crippen LogP contribution in [0, 0.1) is 5.82 Å². The molecule has 2 aromatic rings. The Morgan fingerprint density at radius 1 is 1.14 bits per heavy atom. The second-order valence-electron chi connectivity index (χ2n) is 7.12. The van der Waals surface area contributed by atoms with E-state index in [1.54, 1.807) is 18.2 Å². The quantitative estimate of drug-likeness (QED) is 0.639. The third kappa shape index (κ3) is 3.20. The number of nitrogens with two attached hydrogens (primary N) is 1. The maximum absolute atomic E-state index is 13.4. The summed E-state index contributed by atoms with van der Waals surface area (Å²) in [5.41, 5.74) is 5.90. The minimum Gasteiger partial charge on any atom is -0.369 e. The Labute approximate surface area is 164 Å². The van der Waals surface area contributed by atoms with E-state index in [9.17, 15) is 23.6 Å². The molecular weight excluding hydrogens is 379 g/mol. The van der Waals surface area contributed by atoms with Crippen LogP contribution < -0.4 is 16.4 Å². The number of fused-ring (bicyclic) bond motifs is 1. The third-order valence-electron chi connectivity index (χ3n) is 5.13. The maximum atomic E-state index is 13.4. The van der Waals surface area contributed by atoms with Gasteiger partial charge in [0.2, 0.25) is 5.91 Å². The Kier molecular flexibility index (Phi) is 4.30. The fourth-order valence-electron chi connectivity index (χ4n) is 3.79. The molecule has 1 atom stereocenters. The lowest BCUT2D eigenvalue weighted by atomic mass is 9.89. The average Bonchev–Trinajstić information content (AvgIpc) is 3.11. The summed E-state index contributed by atoms with van der Waals surface area (Å²) in [5.74, 6) is -1.89. The first-order chi connectivity index (χ1) is 13.8. The first kappa shape index (κ1) is 18.6. The number of nitrogens with one attached hydrogen (secondary N) is 2. The predicted octanol–water partition coefficient (Wildman–Crippen LogP) is 0.544. The Morgan fingerprint density at radius 2 is 1.86 bits per heavy atom. The minimum atomic E-state index is -1.53. The van der Waals surface area contributed by atoms with Gasteiger partial charge in [-0.15, -0.1) is 0 Å². The lowest BCUT2D eigenvalue weighted by Gasteiger charge is -2.31. The normalized spacial score (nSPS) is 20.4. The summed E-state index contributed by atoms with van der Waals surface area (Å²) in [6.45, 7) is 0.0712. The summed E-state index contributed by atoms with van der Waals surface area (Å²) >= 11 is 0. The van der Waals surface area contributed by atoms with Crippen molar-refractivity contribution in [1.82, 2.24) is 15.5 Å². The van der Waals surface area contributed by atoms with Gasteiger partial charge in [-0.1, -0.05) is 24.3 Å². The maximum Gasteiger partial charge on any atom is 0.322 e. The van der Waals surface area contributed by atoms with Crippen molar-refractivity contribution in [3.8, 4) is 0 Å². The van der Waals surface area contributed by atoms with Gasteiger partial charge in [0.15, 0.2) is 5.54 Å². The summed E-state index contributed by atoms with van der Waals surface area (Å²) in [6.07, 6.45) is 0.0550. The predicted molar refractivity (Wildman–Crippen MR) is 98.8 cm³/mol. The van der Waals surface area contributed by atoms with E-state index in [2.05, 4.69) is 10.6 Å². The second-order valence-corrected chi connectivity index (χ2v) is 7.12. The molecule has 2 aromatic carbocycles. The standard InChI is InChI=1S/C20H17FN4O4/c21-14-4-2-13(3-5-14)20(18(28)23-19(29)24-20)10-25-9-12-7-11(8-16(22)26)1-6-15(12)17(25)27/h1-7H,8-10H2,(H2,22,26)(H2,23,24,28,29). The summed E-state index contributed by atoms with van der Waals surface area (Å²) in [5, 5.41) is 4.78. The molecule has 8 nitrogen and oxygen atoms in total. The smallest absolute Gasteiger partial charge is 0.322 e. The Morgan fingerprint density at radius 3 is 2.48 bits per heavy atom. The van der Waals surface area contributed by atoms with Gasteiger partial charge in [-0.05, 0) is 34.9 Å². The zero-order chi connectivity index (χ0) is 20.8. The molecule has 2 aliphatic rings. The number of urea groups is 1. The third-order valence-corrected chi connectivity index (χ3v) is 5.13. The molecule has 0 spiro atoms. The van der Waals surface area contributed by atoms with Gasteiger partial charge in [0, 0.05) is 12.1 Å². The van der Waals surface area contributed by atoms with Crippen molar-refractivity contribution in [2.45, 2.75) is 18.5 Å². The summed E-state index contributed by atoms with van der Waals surface area (Å²) < 4.78 is 13.4. The van der Waals surface area contributed by atoms with E-state index >= 15 is 0 Å². The average molecular weight is 396 g/mol. The van der Waals surface area contributed by atoms with E-state index < -0.39 is 29.2 Å². The fraction of sp³-hybridized carbons (Fsp3) is 0.200. The van der Waals surface area contributed by atoms with Crippen LogP contribution in [0.1, 0.15) is 27.0 Å². The van der Waals surface area contributed by atoms with Gasteiger partial charge in [-0.3, -0.25) is 19.7 Å². The molecule has 0 bridgehead atoms. The number of benzene rings is 2. The van der Waals surface area contributed by atoms with E-state index in [-0.39, 0.29) is 25.4 Å². The first-order valence-corrected chi connectivity index (χ1v) is 8.87. The number of carbonyl (C=O) groups is 4. The number of hydrogen-bond donors (Lipinski definition) is 3. The van der Waals surface area contributed by atoms with Gasteiger partial charge in [0.05, 0.1) is 13.0 Å². The monoisotopic (exact) mass is 396 g/mol. The number of primary amides is 1. The highest BCUT2D eigenvalue weighted by Gasteiger charge is 2.50. The zero-order valence-corrected chi connectivity index (χ0v) is 15.2. The molecule has 1 unspecified atom stereocenters. The van der Waals surface area contributed by atoms with Crippen molar-refractivity contribution in [2.24, 2.45) is 5.73 Å². The van der Waals surface area contributed by atoms with E-state index in [0.29, 0.717) is 22.3 Å². The van der Waals surface area contributed by atoms with Crippen LogP contribution in [0.3, 0.4) is 0 Å². The van der Waals surface area contributed by atoms with Crippen molar-refractivity contribution in [1.29, 1.82) is 0 Å². The number of hydrogen-bond acceptors (Lipinski definition) is 4. The molecular formula is C20H17FN4O4. The summed E-state index contributed by atoms with van der Waals surface area (Å²) in [6, 6.07) is 9.50. The first-order valence-electron chi connectivity index (χ1n) is 8.87. The summed E-state index contributed by atoms with van der Waals surface area (Å²) in [7, 11) is 0. The lowest BCUT2D eigenvalue weighted by molar-refractivity contribution is -0.124. The summed E-state index contributed by atoms with van der Waals surface area (Å²) in [4.78, 5) is 50.0.